The van der Waals surface area contributed by atoms with Crippen LogP contribution in [0.4, 0.5) is 24.5 Å². The van der Waals surface area contributed by atoms with Gasteiger partial charge in [0.1, 0.15) is 5.75 Å². The summed E-state index contributed by atoms with van der Waals surface area (Å²) in [5.74, 6) is -0.740. The highest BCUT2D eigenvalue weighted by Crippen LogP contribution is 2.34. The zero-order valence-electron chi connectivity index (χ0n) is 18.3. The van der Waals surface area contributed by atoms with E-state index in [0.29, 0.717) is 17.0 Å². The SMILES string of the molecule is Cc1ccc(NC(=O)c2ccc(OC(C)C(=O)Nc3ccccc3C(F)(F)F)cc2)c(C)c1. The third kappa shape index (κ3) is 6.12. The molecule has 0 radical (unpaired) electrons. The van der Waals surface area contributed by atoms with E-state index in [9.17, 15) is 22.8 Å². The number of amides is 2. The molecule has 2 N–H and O–H groups in total. The number of rotatable bonds is 6. The van der Waals surface area contributed by atoms with E-state index in [-0.39, 0.29) is 11.6 Å². The molecule has 3 aromatic rings. The number of nitrogens with one attached hydrogen (secondary N) is 2. The quantitative estimate of drug-likeness (QED) is 0.480. The van der Waals surface area contributed by atoms with Crippen LogP contribution in [-0.2, 0) is 11.0 Å². The lowest BCUT2D eigenvalue weighted by Crippen LogP contribution is -2.31. The number of para-hydroxylation sites is 1. The van der Waals surface area contributed by atoms with Gasteiger partial charge >= 0.3 is 6.18 Å². The maximum Gasteiger partial charge on any atom is 0.418 e. The minimum absolute atomic E-state index is 0.296. The highest BCUT2D eigenvalue weighted by Gasteiger charge is 2.34. The zero-order chi connectivity index (χ0) is 24.2. The lowest BCUT2D eigenvalue weighted by molar-refractivity contribution is -0.137. The largest absolute Gasteiger partial charge is 0.481 e. The van der Waals surface area contributed by atoms with E-state index in [1.807, 2.05) is 32.0 Å². The summed E-state index contributed by atoms with van der Waals surface area (Å²) in [7, 11) is 0. The van der Waals surface area contributed by atoms with Crippen LogP contribution in [0.15, 0.2) is 66.7 Å². The molecule has 2 amide bonds. The van der Waals surface area contributed by atoms with Gasteiger partial charge in [-0.1, -0.05) is 29.8 Å². The van der Waals surface area contributed by atoms with E-state index in [2.05, 4.69) is 10.6 Å². The highest BCUT2D eigenvalue weighted by atomic mass is 19.4. The third-order valence-corrected chi connectivity index (χ3v) is 4.92. The summed E-state index contributed by atoms with van der Waals surface area (Å²) in [5, 5.41) is 5.10. The summed E-state index contributed by atoms with van der Waals surface area (Å²) in [5.41, 5.74) is 1.84. The Hall–Kier alpha value is -3.81. The zero-order valence-corrected chi connectivity index (χ0v) is 18.3. The Labute approximate surface area is 189 Å². The first kappa shape index (κ1) is 23.8. The van der Waals surface area contributed by atoms with E-state index >= 15 is 0 Å². The predicted molar refractivity (Wildman–Crippen MR) is 120 cm³/mol. The van der Waals surface area contributed by atoms with E-state index < -0.39 is 23.8 Å². The molecule has 0 spiro atoms. The second-order valence-electron chi connectivity index (χ2n) is 7.59. The van der Waals surface area contributed by atoms with E-state index in [4.69, 9.17) is 4.74 Å². The summed E-state index contributed by atoms with van der Waals surface area (Å²) in [6, 6.07) is 16.5. The molecule has 0 saturated carbocycles. The molecule has 3 rings (SSSR count). The van der Waals surface area contributed by atoms with Gasteiger partial charge in [-0.25, -0.2) is 0 Å². The van der Waals surface area contributed by atoms with Gasteiger partial charge in [-0.2, -0.15) is 13.2 Å². The van der Waals surface area contributed by atoms with Gasteiger partial charge in [0, 0.05) is 11.3 Å². The topological polar surface area (TPSA) is 67.4 Å². The molecule has 1 unspecified atom stereocenters. The number of benzene rings is 3. The van der Waals surface area contributed by atoms with Gasteiger partial charge in [0.05, 0.1) is 11.3 Å². The molecule has 0 fully saturated rings. The molecule has 3 aromatic carbocycles. The number of hydrogen-bond donors (Lipinski definition) is 2. The first-order valence-corrected chi connectivity index (χ1v) is 10.2. The summed E-state index contributed by atoms with van der Waals surface area (Å²) in [6.07, 6.45) is -5.66. The second kappa shape index (κ2) is 9.77. The molecule has 0 saturated heterocycles. The van der Waals surface area contributed by atoms with Crippen LogP contribution >= 0.6 is 0 Å². The first-order valence-electron chi connectivity index (χ1n) is 10.2. The van der Waals surface area contributed by atoms with E-state index in [1.165, 1.54) is 49.4 Å². The van der Waals surface area contributed by atoms with Crippen molar-refractivity contribution in [2.45, 2.75) is 33.1 Å². The number of carbonyl (C=O) groups is 2. The second-order valence-corrected chi connectivity index (χ2v) is 7.59. The Morgan fingerprint density at radius 1 is 0.879 bits per heavy atom. The van der Waals surface area contributed by atoms with Crippen molar-refractivity contribution in [1.82, 2.24) is 0 Å². The molecular formula is C25H23F3N2O3. The van der Waals surface area contributed by atoms with Crippen molar-refractivity contribution in [1.29, 1.82) is 0 Å². The van der Waals surface area contributed by atoms with Crippen molar-refractivity contribution >= 4 is 23.2 Å². The van der Waals surface area contributed by atoms with E-state index in [0.717, 1.165) is 17.2 Å². The number of anilines is 2. The standard InChI is InChI=1S/C25H23F3N2O3/c1-15-8-13-21(16(2)14-15)29-24(32)18-9-11-19(12-10-18)33-17(3)23(31)30-22-7-5-4-6-20(22)25(26,27)28/h4-14,17H,1-3H3,(H,29,32)(H,30,31). The number of aryl methyl sites for hydroxylation is 2. The molecule has 33 heavy (non-hydrogen) atoms. The lowest BCUT2D eigenvalue weighted by atomic mass is 10.1. The molecule has 0 aromatic heterocycles. The van der Waals surface area contributed by atoms with Crippen LogP contribution in [0.1, 0.15) is 34.0 Å². The summed E-state index contributed by atoms with van der Waals surface area (Å²) >= 11 is 0. The highest BCUT2D eigenvalue weighted by molar-refractivity contribution is 6.04. The molecule has 0 aliphatic rings. The Morgan fingerprint density at radius 2 is 1.55 bits per heavy atom. The van der Waals surface area contributed by atoms with Crippen LogP contribution in [0.3, 0.4) is 0 Å². The molecule has 0 heterocycles. The Bertz CT molecular complexity index is 1160. The van der Waals surface area contributed by atoms with Crippen molar-refractivity contribution < 1.29 is 27.5 Å². The van der Waals surface area contributed by atoms with E-state index in [1.54, 1.807) is 0 Å². The molecule has 0 bridgehead atoms. The van der Waals surface area contributed by atoms with Crippen LogP contribution < -0.4 is 15.4 Å². The minimum Gasteiger partial charge on any atom is -0.481 e. The Kier molecular flexibility index (Phi) is 7.06. The molecule has 1 atom stereocenters. The molecular weight excluding hydrogens is 433 g/mol. The molecule has 8 heteroatoms. The number of ether oxygens (including phenoxy) is 1. The maximum absolute atomic E-state index is 13.1. The maximum atomic E-state index is 13.1. The average Bonchev–Trinajstić information content (AvgIpc) is 2.75. The Balaban J connectivity index is 1.62. The number of carbonyl (C=O) groups excluding carboxylic acids is 2. The number of halogens is 3. The van der Waals surface area contributed by atoms with Crippen LogP contribution in [0.5, 0.6) is 5.75 Å². The lowest BCUT2D eigenvalue weighted by Gasteiger charge is -2.17. The van der Waals surface area contributed by atoms with Gasteiger partial charge in [0.2, 0.25) is 0 Å². The average molecular weight is 456 g/mol. The number of alkyl halides is 3. The van der Waals surface area contributed by atoms with Gasteiger partial charge < -0.3 is 15.4 Å². The van der Waals surface area contributed by atoms with Gasteiger partial charge in [0.25, 0.3) is 11.8 Å². The van der Waals surface area contributed by atoms with Crippen molar-refractivity contribution in [3.63, 3.8) is 0 Å². The molecule has 172 valence electrons. The van der Waals surface area contributed by atoms with Gasteiger partial charge in [-0.3, -0.25) is 9.59 Å². The van der Waals surface area contributed by atoms with Crippen LogP contribution in [0.25, 0.3) is 0 Å². The summed E-state index contributed by atoms with van der Waals surface area (Å²) < 4.78 is 44.9. The van der Waals surface area contributed by atoms with Crippen LogP contribution in [0, 0.1) is 13.8 Å². The fourth-order valence-corrected chi connectivity index (χ4v) is 3.16. The van der Waals surface area contributed by atoms with Crippen molar-refractivity contribution in [2.75, 3.05) is 10.6 Å². The minimum atomic E-state index is -4.60. The smallest absolute Gasteiger partial charge is 0.418 e. The van der Waals surface area contributed by atoms with Gasteiger partial charge in [-0.05, 0) is 68.8 Å². The van der Waals surface area contributed by atoms with Gasteiger partial charge in [-0.15, -0.1) is 0 Å². The molecule has 0 aliphatic heterocycles. The van der Waals surface area contributed by atoms with Crippen molar-refractivity contribution in [3.05, 3.63) is 89.0 Å². The fourth-order valence-electron chi connectivity index (χ4n) is 3.16. The normalized spacial score (nSPS) is 12.1. The summed E-state index contributed by atoms with van der Waals surface area (Å²) in [4.78, 5) is 24.9. The monoisotopic (exact) mass is 456 g/mol. The summed E-state index contributed by atoms with van der Waals surface area (Å²) in [6.45, 7) is 5.29. The van der Waals surface area contributed by atoms with Crippen molar-refractivity contribution in [3.8, 4) is 5.75 Å². The van der Waals surface area contributed by atoms with Crippen LogP contribution in [0.2, 0.25) is 0 Å². The molecule has 5 nitrogen and oxygen atoms in total. The Morgan fingerprint density at radius 3 is 2.18 bits per heavy atom. The van der Waals surface area contributed by atoms with Gasteiger partial charge in [0.15, 0.2) is 6.10 Å². The van der Waals surface area contributed by atoms with Crippen LogP contribution in [-0.4, -0.2) is 17.9 Å². The molecule has 0 aliphatic carbocycles. The van der Waals surface area contributed by atoms with Crippen molar-refractivity contribution in [2.24, 2.45) is 0 Å². The number of hydrogen-bond acceptors (Lipinski definition) is 3. The fraction of sp³-hybridized carbons (Fsp3) is 0.200. The first-order chi connectivity index (χ1) is 15.5. The third-order valence-electron chi connectivity index (χ3n) is 4.92. The predicted octanol–water partition coefficient (Wildman–Crippen LogP) is 5.98.